The molecule has 1 heterocycles. The summed E-state index contributed by atoms with van der Waals surface area (Å²) in [5.41, 5.74) is 3.20. The number of benzene rings is 2. The maximum Gasteiger partial charge on any atom is 0.238 e. The van der Waals surface area contributed by atoms with E-state index >= 15 is 0 Å². The fourth-order valence-corrected chi connectivity index (χ4v) is 4.41. The Morgan fingerprint density at radius 3 is 2.67 bits per heavy atom. The van der Waals surface area contributed by atoms with E-state index in [0.29, 0.717) is 13.1 Å². The summed E-state index contributed by atoms with van der Waals surface area (Å²) in [5, 5.41) is 3.74. The number of likely N-dealkylation sites (N-methyl/N-ethyl adjacent to an activating group) is 1. The average molecular weight is 404 g/mol. The van der Waals surface area contributed by atoms with Gasteiger partial charge >= 0.3 is 0 Å². The van der Waals surface area contributed by atoms with Crippen molar-refractivity contribution in [2.75, 3.05) is 43.5 Å². The molecule has 1 aliphatic heterocycles. The van der Waals surface area contributed by atoms with Gasteiger partial charge in [0.25, 0.3) is 0 Å². The average Bonchev–Trinajstić information content (AvgIpc) is 2.62. The molecule has 0 saturated carbocycles. The summed E-state index contributed by atoms with van der Waals surface area (Å²) >= 11 is 8.04. The lowest BCUT2D eigenvalue weighted by atomic mass is 10.2. The number of carbonyl (C=O) groups excluding carboxylic acids is 1. The van der Waals surface area contributed by atoms with Gasteiger partial charge in [-0.25, -0.2) is 0 Å². The Balaban J connectivity index is 1.50. The smallest absolute Gasteiger partial charge is 0.238 e. The molecule has 0 spiro atoms. The number of thioether (sulfide) groups is 1. The molecular formula is C21H26ClN3OS. The molecule has 1 N–H and O–H groups in total. The van der Waals surface area contributed by atoms with Crippen LogP contribution in [-0.4, -0.2) is 53.9 Å². The summed E-state index contributed by atoms with van der Waals surface area (Å²) in [7, 11) is 1.94. The van der Waals surface area contributed by atoms with Gasteiger partial charge in [-0.15, -0.1) is 0 Å². The number of carbonyl (C=O) groups is 1. The number of nitrogens with zero attached hydrogens (tertiary/aromatic N) is 2. The molecule has 0 aromatic heterocycles. The highest BCUT2D eigenvalue weighted by Crippen LogP contribution is 2.16. The quantitative estimate of drug-likeness (QED) is 0.759. The Kier molecular flexibility index (Phi) is 7.59. The first kappa shape index (κ1) is 20.2. The SMILES string of the molecule is CN(CC(=O)Nc1cccc(CN2CCSCC2)c1)Cc1cccc(Cl)c1. The Labute approximate surface area is 170 Å². The maximum atomic E-state index is 12.4. The number of hydrogen-bond donors (Lipinski definition) is 1. The molecule has 1 amide bonds. The number of amides is 1. The predicted molar refractivity (Wildman–Crippen MR) is 115 cm³/mol. The Morgan fingerprint density at radius 1 is 1.15 bits per heavy atom. The number of nitrogens with one attached hydrogen (secondary N) is 1. The highest BCUT2D eigenvalue weighted by Gasteiger charge is 2.12. The van der Waals surface area contributed by atoms with Gasteiger partial charge in [-0.05, 0) is 42.4 Å². The number of rotatable bonds is 7. The van der Waals surface area contributed by atoms with E-state index < -0.39 is 0 Å². The molecule has 0 radical (unpaired) electrons. The third-order valence-corrected chi connectivity index (χ3v) is 5.65. The fourth-order valence-electron chi connectivity index (χ4n) is 3.21. The summed E-state index contributed by atoms with van der Waals surface area (Å²) in [6, 6.07) is 15.9. The third-order valence-electron chi connectivity index (χ3n) is 4.48. The topological polar surface area (TPSA) is 35.6 Å². The summed E-state index contributed by atoms with van der Waals surface area (Å²) in [6.07, 6.45) is 0. The van der Waals surface area contributed by atoms with E-state index in [0.717, 1.165) is 35.9 Å². The molecule has 6 heteroatoms. The lowest BCUT2D eigenvalue weighted by Crippen LogP contribution is -2.32. The van der Waals surface area contributed by atoms with Crippen LogP contribution in [0.1, 0.15) is 11.1 Å². The minimum atomic E-state index is -0.00829. The molecule has 0 aliphatic carbocycles. The van der Waals surface area contributed by atoms with Gasteiger partial charge in [0.1, 0.15) is 0 Å². The van der Waals surface area contributed by atoms with Gasteiger partial charge in [0, 0.05) is 48.4 Å². The largest absolute Gasteiger partial charge is 0.325 e. The molecule has 144 valence electrons. The van der Waals surface area contributed by atoms with Crippen molar-refractivity contribution in [3.63, 3.8) is 0 Å². The summed E-state index contributed by atoms with van der Waals surface area (Å²) in [5.74, 6) is 2.40. The Bertz CT molecular complexity index is 765. The van der Waals surface area contributed by atoms with Crippen molar-refractivity contribution in [3.8, 4) is 0 Å². The van der Waals surface area contributed by atoms with Gasteiger partial charge in [0.05, 0.1) is 6.54 Å². The predicted octanol–water partition coefficient (Wildman–Crippen LogP) is 3.96. The molecule has 2 aromatic carbocycles. The number of anilines is 1. The molecule has 0 bridgehead atoms. The van der Waals surface area contributed by atoms with Gasteiger partial charge in [-0.2, -0.15) is 11.8 Å². The van der Waals surface area contributed by atoms with Crippen molar-refractivity contribution in [2.45, 2.75) is 13.1 Å². The van der Waals surface area contributed by atoms with Crippen LogP contribution in [0.2, 0.25) is 5.02 Å². The monoisotopic (exact) mass is 403 g/mol. The first-order valence-corrected chi connectivity index (χ1v) is 10.7. The summed E-state index contributed by atoms with van der Waals surface area (Å²) in [4.78, 5) is 16.8. The second kappa shape index (κ2) is 10.1. The highest BCUT2D eigenvalue weighted by molar-refractivity contribution is 7.99. The normalized spacial score (nSPS) is 15.1. The second-order valence-corrected chi connectivity index (χ2v) is 8.60. The van der Waals surface area contributed by atoms with Crippen LogP contribution < -0.4 is 5.32 Å². The van der Waals surface area contributed by atoms with E-state index in [2.05, 4.69) is 22.3 Å². The first-order chi connectivity index (χ1) is 13.1. The molecule has 1 fully saturated rings. The van der Waals surface area contributed by atoms with Gasteiger partial charge in [-0.1, -0.05) is 35.9 Å². The zero-order valence-corrected chi connectivity index (χ0v) is 17.2. The van der Waals surface area contributed by atoms with Crippen LogP contribution in [0.4, 0.5) is 5.69 Å². The maximum absolute atomic E-state index is 12.4. The van der Waals surface area contributed by atoms with Crippen molar-refractivity contribution < 1.29 is 4.79 Å². The lowest BCUT2D eigenvalue weighted by Gasteiger charge is -2.26. The molecule has 0 unspecified atom stereocenters. The Hall–Kier alpha value is -1.53. The molecule has 0 atom stereocenters. The van der Waals surface area contributed by atoms with Crippen LogP contribution >= 0.6 is 23.4 Å². The van der Waals surface area contributed by atoms with E-state index in [1.54, 1.807) is 0 Å². The summed E-state index contributed by atoms with van der Waals surface area (Å²) < 4.78 is 0. The van der Waals surface area contributed by atoms with Crippen LogP contribution in [0.3, 0.4) is 0 Å². The van der Waals surface area contributed by atoms with Gasteiger partial charge in [0.15, 0.2) is 0 Å². The first-order valence-electron chi connectivity index (χ1n) is 9.20. The molecule has 1 saturated heterocycles. The zero-order valence-electron chi connectivity index (χ0n) is 15.7. The standard InChI is InChI=1S/C21H26ClN3OS/c1-24(14-17-4-2-6-19(22)12-17)16-21(26)23-20-7-3-5-18(13-20)15-25-8-10-27-11-9-25/h2-7,12-13H,8-11,14-16H2,1H3,(H,23,26). The van der Waals surface area contributed by atoms with E-state index in [1.807, 2.05) is 60.1 Å². The number of hydrogen-bond acceptors (Lipinski definition) is 4. The molecule has 4 nitrogen and oxygen atoms in total. The van der Waals surface area contributed by atoms with Gasteiger partial charge in [0.2, 0.25) is 5.91 Å². The van der Waals surface area contributed by atoms with Crippen molar-refractivity contribution in [1.82, 2.24) is 9.80 Å². The van der Waals surface area contributed by atoms with Crippen LogP contribution in [0.15, 0.2) is 48.5 Å². The van der Waals surface area contributed by atoms with E-state index in [4.69, 9.17) is 11.6 Å². The van der Waals surface area contributed by atoms with E-state index in [1.165, 1.54) is 17.1 Å². The fraction of sp³-hybridized carbons (Fsp3) is 0.381. The second-order valence-electron chi connectivity index (χ2n) is 6.94. The van der Waals surface area contributed by atoms with Crippen molar-refractivity contribution in [3.05, 3.63) is 64.7 Å². The van der Waals surface area contributed by atoms with Crippen LogP contribution in [0, 0.1) is 0 Å². The van der Waals surface area contributed by atoms with E-state index in [-0.39, 0.29) is 5.91 Å². The minimum Gasteiger partial charge on any atom is -0.325 e. The molecule has 2 aromatic rings. The number of halogens is 1. The third kappa shape index (κ3) is 6.85. The van der Waals surface area contributed by atoms with Crippen LogP contribution in [0.25, 0.3) is 0 Å². The van der Waals surface area contributed by atoms with E-state index in [9.17, 15) is 4.79 Å². The minimum absolute atomic E-state index is 0.00829. The molecule has 3 rings (SSSR count). The van der Waals surface area contributed by atoms with Gasteiger partial charge < -0.3 is 5.32 Å². The Morgan fingerprint density at radius 2 is 1.89 bits per heavy atom. The van der Waals surface area contributed by atoms with Crippen LogP contribution in [0.5, 0.6) is 0 Å². The molecule has 1 aliphatic rings. The molecule has 27 heavy (non-hydrogen) atoms. The molecular weight excluding hydrogens is 378 g/mol. The van der Waals surface area contributed by atoms with Crippen molar-refractivity contribution >= 4 is 35.0 Å². The van der Waals surface area contributed by atoms with Crippen molar-refractivity contribution in [2.24, 2.45) is 0 Å². The zero-order chi connectivity index (χ0) is 19.1. The van der Waals surface area contributed by atoms with Gasteiger partial charge in [-0.3, -0.25) is 14.6 Å². The highest BCUT2D eigenvalue weighted by atomic mass is 35.5. The van der Waals surface area contributed by atoms with Crippen molar-refractivity contribution in [1.29, 1.82) is 0 Å². The summed E-state index contributed by atoms with van der Waals surface area (Å²) in [6.45, 7) is 4.23. The lowest BCUT2D eigenvalue weighted by molar-refractivity contribution is -0.117. The van der Waals surface area contributed by atoms with Crippen LogP contribution in [-0.2, 0) is 17.9 Å².